The molecule has 0 heterocycles. The molecule has 17 heavy (non-hydrogen) atoms. The van der Waals surface area contributed by atoms with E-state index in [1.54, 1.807) is 12.2 Å². The van der Waals surface area contributed by atoms with Crippen molar-refractivity contribution in [3.05, 3.63) is 12.2 Å². The second-order valence-electron chi connectivity index (χ2n) is 4.13. The van der Waals surface area contributed by atoms with Crippen molar-refractivity contribution in [2.24, 2.45) is 17.6 Å². The number of nitrogens with one attached hydrogen (secondary N) is 1. The van der Waals surface area contributed by atoms with Crippen LogP contribution in [-0.4, -0.2) is 28.9 Å². The number of aliphatic carboxylic acids is 1. The van der Waals surface area contributed by atoms with Gasteiger partial charge in [0, 0.05) is 0 Å². The summed E-state index contributed by atoms with van der Waals surface area (Å²) in [5.41, 5.74) is 5.02. The third kappa shape index (κ3) is 3.30. The molecule has 0 spiro atoms. The van der Waals surface area contributed by atoms with E-state index in [9.17, 15) is 14.4 Å². The van der Waals surface area contributed by atoms with E-state index in [1.807, 2.05) is 0 Å². The Bertz CT molecular complexity index is 364. The first-order valence-corrected chi connectivity index (χ1v) is 5.41. The van der Waals surface area contributed by atoms with Crippen molar-refractivity contribution in [2.75, 3.05) is 0 Å². The molecule has 0 saturated carbocycles. The van der Waals surface area contributed by atoms with Gasteiger partial charge in [-0.1, -0.05) is 12.2 Å². The molecule has 0 aromatic rings. The molecule has 6 heteroatoms. The summed E-state index contributed by atoms with van der Waals surface area (Å²) in [6.45, 7) is 1.47. The number of primary amides is 1. The van der Waals surface area contributed by atoms with Crippen molar-refractivity contribution in [1.82, 2.24) is 5.32 Å². The summed E-state index contributed by atoms with van der Waals surface area (Å²) in [6, 6.07) is -0.789. The topological polar surface area (TPSA) is 109 Å². The molecule has 3 atom stereocenters. The maximum Gasteiger partial charge on any atom is 0.307 e. The molecule has 0 radical (unpaired) electrons. The molecule has 2 amide bonds. The SMILES string of the molecule is CC(NC(=O)[C@@H]1CC=CC[C@@H]1C(=O)O)C(N)=O. The Morgan fingerprint density at radius 3 is 2.29 bits per heavy atom. The standard InChI is InChI=1S/C11H16N2O4/c1-6(9(12)14)13-10(15)7-4-2-3-5-8(7)11(16)17/h2-3,6-8H,4-5H2,1H3,(H2,12,14)(H,13,15)(H,16,17)/t6?,7-,8+/m1/s1. The number of carbonyl (C=O) groups excluding carboxylic acids is 2. The predicted molar refractivity (Wildman–Crippen MR) is 59.8 cm³/mol. The van der Waals surface area contributed by atoms with E-state index >= 15 is 0 Å². The van der Waals surface area contributed by atoms with Gasteiger partial charge in [-0.3, -0.25) is 14.4 Å². The number of hydrogen-bond donors (Lipinski definition) is 3. The lowest BCUT2D eigenvalue weighted by molar-refractivity contribution is -0.147. The van der Waals surface area contributed by atoms with Crippen LogP contribution in [-0.2, 0) is 14.4 Å². The van der Waals surface area contributed by atoms with E-state index in [2.05, 4.69) is 5.32 Å². The summed E-state index contributed by atoms with van der Waals surface area (Å²) in [6.07, 6.45) is 4.23. The zero-order chi connectivity index (χ0) is 13.0. The predicted octanol–water partition coefficient (Wildman–Crippen LogP) is -0.357. The van der Waals surface area contributed by atoms with Crippen LogP contribution in [0, 0.1) is 11.8 Å². The number of carboxylic acid groups (broad SMARTS) is 1. The Balaban J connectivity index is 2.69. The van der Waals surface area contributed by atoms with Gasteiger partial charge in [0.2, 0.25) is 11.8 Å². The van der Waals surface area contributed by atoms with Gasteiger partial charge in [-0.25, -0.2) is 0 Å². The third-order valence-electron chi connectivity index (χ3n) is 2.87. The Labute approximate surface area is 98.9 Å². The number of amides is 2. The van der Waals surface area contributed by atoms with Crippen LogP contribution in [0.25, 0.3) is 0 Å². The number of carbonyl (C=O) groups is 3. The Kier molecular flexibility index (Phi) is 4.25. The Morgan fingerprint density at radius 2 is 1.82 bits per heavy atom. The Hall–Kier alpha value is -1.85. The first kappa shape index (κ1) is 13.2. The van der Waals surface area contributed by atoms with E-state index in [1.165, 1.54) is 6.92 Å². The number of allylic oxidation sites excluding steroid dienone is 2. The van der Waals surface area contributed by atoms with E-state index in [4.69, 9.17) is 10.8 Å². The van der Waals surface area contributed by atoms with Crippen LogP contribution in [0.5, 0.6) is 0 Å². The number of hydrogen-bond acceptors (Lipinski definition) is 3. The minimum absolute atomic E-state index is 0.332. The molecule has 0 aromatic carbocycles. The van der Waals surface area contributed by atoms with Gasteiger partial charge in [0.15, 0.2) is 0 Å². The van der Waals surface area contributed by atoms with Gasteiger partial charge in [0.05, 0.1) is 11.8 Å². The molecule has 94 valence electrons. The number of carboxylic acids is 1. The first-order valence-electron chi connectivity index (χ1n) is 5.41. The molecule has 1 aliphatic carbocycles. The van der Waals surface area contributed by atoms with Gasteiger partial charge in [0.25, 0.3) is 0 Å². The zero-order valence-electron chi connectivity index (χ0n) is 9.55. The lowest BCUT2D eigenvalue weighted by atomic mass is 9.82. The highest BCUT2D eigenvalue weighted by molar-refractivity contribution is 5.89. The molecule has 0 aliphatic heterocycles. The van der Waals surface area contributed by atoms with Gasteiger partial charge in [-0.15, -0.1) is 0 Å². The fourth-order valence-corrected chi connectivity index (χ4v) is 1.77. The van der Waals surface area contributed by atoms with Crippen LogP contribution in [0.1, 0.15) is 19.8 Å². The van der Waals surface area contributed by atoms with E-state index in [0.717, 1.165) is 0 Å². The average Bonchev–Trinajstić information content (AvgIpc) is 2.28. The minimum Gasteiger partial charge on any atom is -0.481 e. The minimum atomic E-state index is -0.999. The molecule has 1 aliphatic rings. The quantitative estimate of drug-likeness (QED) is 0.583. The third-order valence-corrected chi connectivity index (χ3v) is 2.87. The van der Waals surface area contributed by atoms with Crippen LogP contribution < -0.4 is 11.1 Å². The van der Waals surface area contributed by atoms with Crippen LogP contribution in [0.4, 0.5) is 0 Å². The van der Waals surface area contributed by atoms with Crippen molar-refractivity contribution in [2.45, 2.75) is 25.8 Å². The van der Waals surface area contributed by atoms with Crippen LogP contribution in [0.15, 0.2) is 12.2 Å². The molecule has 0 saturated heterocycles. The summed E-state index contributed by atoms with van der Waals surface area (Å²) in [5.74, 6) is -3.45. The molecule has 1 rings (SSSR count). The first-order chi connectivity index (χ1) is 7.93. The molecular weight excluding hydrogens is 224 g/mol. The lowest BCUT2D eigenvalue weighted by Crippen LogP contribution is -2.47. The summed E-state index contributed by atoms with van der Waals surface area (Å²) in [7, 11) is 0. The fourth-order valence-electron chi connectivity index (χ4n) is 1.77. The van der Waals surface area contributed by atoms with Crippen molar-refractivity contribution >= 4 is 17.8 Å². The van der Waals surface area contributed by atoms with E-state index in [-0.39, 0.29) is 0 Å². The molecule has 0 bridgehead atoms. The lowest BCUT2D eigenvalue weighted by Gasteiger charge is -2.25. The van der Waals surface area contributed by atoms with Crippen molar-refractivity contribution in [3.63, 3.8) is 0 Å². The second-order valence-corrected chi connectivity index (χ2v) is 4.13. The average molecular weight is 240 g/mol. The van der Waals surface area contributed by atoms with Gasteiger partial charge in [0.1, 0.15) is 6.04 Å². The van der Waals surface area contributed by atoms with Crippen molar-refractivity contribution in [1.29, 1.82) is 0 Å². The molecule has 6 nitrogen and oxygen atoms in total. The molecular formula is C11H16N2O4. The zero-order valence-corrected chi connectivity index (χ0v) is 9.55. The van der Waals surface area contributed by atoms with Crippen LogP contribution in [0.2, 0.25) is 0 Å². The summed E-state index contributed by atoms with van der Waals surface area (Å²) in [4.78, 5) is 33.6. The maximum absolute atomic E-state index is 11.8. The molecule has 0 aromatic heterocycles. The summed E-state index contributed by atoms with van der Waals surface area (Å²) >= 11 is 0. The highest BCUT2D eigenvalue weighted by atomic mass is 16.4. The summed E-state index contributed by atoms with van der Waals surface area (Å²) in [5, 5.41) is 11.4. The Morgan fingerprint density at radius 1 is 1.29 bits per heavy atom. The smallest absolute Gasteiger partial charge is 0.307 e. The normalized spacial score (nSPS) is 25.0. The monoisotopic (exact) mass is 240 g/mol. The molecule has 1 unspecified atom stereocenters. The van der Waals surface area contributed by atoms with Crippen molar-refractivity contribution < 1.29 is 19.5 Å². The van der Waals surface area contributed by atoms with Crippen LogP contribution >= 0.6 is 0 Å². The van der Waals surface area contributed by atoms with E-state index in [0.29, 0.717) is 12.8 Å². The number of rotatable bonds is 4. The van der Waals surface area contributed by atoms with Gasteiger partial charge < -0.3 is 16.2 Å². The van der Waals surface area contributed by atoms with Gasteiger partial charge >= 0.3 is 5.97 Å². The summed E-state index contributed by atoms with van der Waals surface area (Å²) < 4.78 is 0. The largest absolute Gasteiger partial charge is 0.481 e. The maximum atomic E-state index is 11.8. The van der Waals surface area contributed by atoms with Crippen LogP contribution in [0.3, 0.4) is 0 Å². The van der Waals surface area contributed by atoms with Crippen molar-refractivity contribution in [3.8, 4) is 0 Å². The highest BCUT2D eigenvalue weighted by Gasteiger charge is 2.34. The van der Waals surface area contributed by atoms with Gasteiger partial charge in [-0.2, -0.15) is 0 Å². The van der Waals surface area contributed by atoms with Gasteiger partial charge in [-0.05, 0) is 19.8 Å². The highest BCUT2D eigenvalue weighted by Crippen LogP contribution is 2.26. The number of nitrogens with two attached hydrogens (primary N) is 1. The molecule has 0 fully saturated rings. The molecule has 4 N–H and O–H groups in total. The van der Waals surface area contributed by atoms with E-state index < -0.39 is 35.7 Å². The second kappa shape index (κ2) is 5.47. The fraction of sp³-hybridized carbons (Fsp3) is 0.545.